The Morgan fingerprint density at radius 2 is 1.28 bits per heavy atom. The molecular weight excluding hydrogens is 1020 g/mol. The van der Waals surface area contributed by atoms with Gasteiger partial charge in [-0.1, -0.05) is 35.4 Å². The van der Waals surface area contributed by atoms with Crippen LogP contribution in [0.5, 0.6) is 5.75 Å². The number of carbonyl (C=O) groups is 2. The summed E-state index contributed by atoms with van der Waals surface area (Å²) in [4.78, 5) is 41.7. The number of fused-ring (bicyclic) bond motifs is 2. The fraction of sp³-hybridized carbons (Fsp3) is 0.302. The second-order valence-electron chi connectivity index (χ2n) is 15.1. The summed E-state index contributed by atoms with van der Waals surface area (Å²) < 4.78 is 117. The van der Waals surface area contributed by atoms with E-state index < -0.39 is 69.1 Å². The molecule has 0 saturated carbocycles. The van der Waals surface area contributed by atoms with Gasteiger partial charge in [0.1, 0.15) is 15.0 Å². The molecule has 6 aromatic rings. The average molecular weight is 1060 g/mol. The lowest BCUT2D eigenvalue weighted by molar-refractivity contribution is 0.0583. The number of methoxy groups -OCH3 is 2. The van der Waals surface area contributed by atoms with Gasteiger partial charge >= 0.3 is 22.1 Å². The molecule has 0 amide bonds. The van der Waals surface area contributed by atoms with Crippen molar-refractivity contribution in [1.29, 1.82) is 0 Å². The number of ether oxygens (including phenoxy) is 2. The first-order chi connectivity index (χ1) is 31.7. The van der Waals surface area contributed by atoms with Crippen molar-refractivity contribution in [3.05, 3.63) is 118 Å². The molecule has 0 atom stereocenters. The molecule has 2 aromatic carbocycles. The van der Waals surface area contributed by atoms with E-state index in [4.69, 9.17) is 13.7 Å². The number of anilines is 1. The largest absolute Gasteiger partial charge is 0.464 e. The molecule has 0 spiro atoms. The van der Waals surface area contributed by atoms with Crippen LogP contribution >= 0.6 is 15.9 Å². The second-order valence-corrected chi connectivity index (χ2v) is 23.3. The number of aromatic nitrogens is 4. The van der Waals surface area contributed by atoms with E-state index in [-0.39, 0.29) is 50.1 Å². The van der Waals surface area contributed by atoms with Gasteiger partial charge in [0.25, 0.3) is 0 Å². The monoisotopic (exact) mass is 1060 g/mol. The summed E-state index contributed by atoms with van der Waals surface area (Å²) in [6.45, 7) is 4.48. The zero-order chi connectivity index (χ0) is 48.7. The van der Waals surface area contributed by atoms with Gasteiger partial charge < -0.3 is 13.7 Å². The lowest BCUT2D eigenvalue weighted by Gasteiger charge is -2.28. The van der Waals surface area contributed by atoms with Gasteiger partial charge in [0.05, 0.1) is 41.9 Å². The summed E-state index contributed by atoms with van der Waals surface area (Å²) in [6, 6.07) is 19.1. The number of carbonyl (C=O) groups excluding carboxylic acids is 2. The molecule has 2 aliphatic heterocycles. The quantitative estimate of drug-likeness (QED) is 0.105. The number of hydrogen-bond donors (Lipinski definition) is 1. The van der Waals surface area contributed by atoms with Gasteiger partial charge in [-0.15, -0.1) is 0 Å². The highest BCUT2D eigenvalue weighted by Crippen LogP contribution is 2.37. The van der Waals surface area contributed by atoms with Gasteiger partial charge in [0.15, 0.2) is 27.0 Å². The molecule has 356 valence electrons. The predicted octanol–water partition coefficient (Wildman–Crippen LogP) is 5.58. The smallest absolute Gasteiger partial charge is 0.360 e. The highest BCUT2D eigenvalue weighted by molar-refractivity contribution is 9.10. The molecule has 6 heterocycles. The Morgan fingerprint density at radius 1 is 0.716 bits per heavy atom. The number of esters is 2. The fourth-order valence-electron chi connectivity index (χ4n) is 6.78. The molecule has 0 aliphatic carbocycles. The van der Waals surface area contributed by atoms with Crippen LogP contribution < -0.4 is 13.2 Å². The lowest BCUT2D eigenvalue weighted by Crippen LogP contribution is -2.38. The van der Waals surface area contributed by atoms with E-state index in [9.17, 15) is 43.3 Å². The highest BCUT2D eigenvalue weighted by atomic mass is 79.9. The molecule has 0 radical (unpaired) electrons. The Bertz CT molecular complexity index is 3280. The van der Waals surface area contributed by atoms with E-state index in [2.05, 4.69) is 40.6 Å². The minimum atomic E-state index is -4.37. The first kappa shape index (κ1) is 50.7. The SMILES string of the molecule is COC(=O)c1nc(Br)c2cccnc2c1CS(=O)(=O)c1ccc(C)cc1.COC(=O)c1nc(N2CCCCS2(=O)=O)c2cccnc2c1OS(=O)(=O)c1ccc(C)cc1.O=S1(=O)CCCCN1. The Labute approximate surface area is 396 Å². The van der Waals surface area contributed by atoms with Crippen molar-refractivity contribution in [2.45, 2.75) is 55.1 Å². The Morgan fingerprint density at radius 3 is 1.84 bits per heavy atom. The number of aryl methyl sites for hydroxylation is 2. The van der Waals surface area contributed by atoms with Gasteiger partial charge in [-0.25, -0.2) is 49.5 Å². The summed E-state index contributed by atoms with van der Waals surface area (Å²) in [6.07, 6.45) is 5.83. The van der Waals surface area contributed by atoms with Gasteiger partial charge in [-0.2, -0.15) is 8.42 Å². The van der Waals surface area contributed by atoms with Gasteiger partial charge in [0.2, 0.25) is 25.8 Å². The molecule has 67 heavy (non-hydrogen) atoms. The number of halogens is 1. The number of hydrogen-bond acceptors (Lipinski definition) is 17. The topological polar surface area (TPSA) is 265 Å². The molecule has 2 fully saturated rings. The highest BCUT2D eigenvalue weighted by Gasteiger charge is 2.34. The van der Waals surface area contributed by atoms with E-state index in [0.717, 1.165) is 35.4 Å². The zero-order valence-corrected chi connectivity index (χ0v) is 41.4. The zero-order valence-electron chi connectivity index (χ0n) is 36.5. The summed E-state index contributed by atoms with van der Waals surface area (Å²) in [5, 5.41) is 0.846. The van der Waals surface area contributed by atoms with E-state index >= 15 is 0 Å². The lowest BCUT2D eigenvalue weighted by atomic mass is 10.1. The molecule has 4 aromatic heterocycles. The van der Waals surface area contributed by atoms with E-state index in [1.807, 2.05) is 6.92 Å². The molecule has 0 bridgehead atoms. The van der Waals surface area contributed by atoms with Crippen LogP contribution in [-0.2, 0) is 55.2 Å². The number of nitrogens with zero attached hydrogens (tertiary/aromatic N) is 5. The van der Waals surface area contributed by atoms with E-state index in [1.54, 1.807) is 67.6 Å². The molecular formula is C43H45BrN6O13S4. The molecule has 1 N–H and O–H groups in total. The Hall–Kier alpha value is -5.66. The van der Waals surface area contributed by atoms with Gasteiger partial charge in [0, 0.05) is 41.8 Å². The van der Waals surface area contributed by atoms with Crippen LogP contribution in [0, 0.1) is 13.8 Å². The van der Waals surface area contributed by atoms with Crippen molar-refractivity contribution in [1.82, 2.24) is 24.7 Å². The van der Waals surface area contributed by atoms with Crippen LogP contribution in [-0.4, -0.2) is 104 Å². The summed E-state index contributed by atoms with van der Waals surface area (Å²) >= 11 is 3.30. The van der Waals surface area contributed by atoms with Crippen LogP contribution in [0.25, 0.3) is 21.8 Å². The third-order valence-corrected chi connectivity index (χ3v) is 17.0. The Balaban J connectivity index is 0.000000193. The molecule has 24 heteroatoms. The summed E-state index contributed by atoms with van der Waals surface area (Å²) in [5.74, 6) is -2.33. The average Bonchev–Trinajstić information content (AvgIpc) is 3.30. The van der Waals surface area contributed by atoms with Gasteiger partial charge in [-0.3, -0.25) is 14.3 Å². The third kappa shape index (κ3) is 12.1. The normalized spacial score (nSPS) is 15.6. The number of sulfone groups is 1. The number of sulfonamides is 2. The molecule has 2 aliphatic rings. The maximum Gasteiger partial charge on any atom is 0.360 e. The van der Waals surface area contributed by atoms with Crippen molar-refractivity contribution < 1.29 is 56.9 Å². The van der Waals surface area contributed by atoms with E-state index in [1.165, 1.54) is 31.6 Å². The van der Waals surface area contributed by atoms with Crippen LogP contribution in [0.3, 0.4) is 0 Å². The van der Waals surface area contributed by atoms with Crippen LogP contribution in [0.1, 0.15) is 63.4 Å². The molecule has 0 unspecified atom stereocenters. The second kappa shape index (κ2) is 21.1. The Kier molecular flexibility index (Phi) is 16.0. The van der Waals surface area contributed by atoms with Crippen LogP contribution in [0.4, 0.5) is 5.82 Å². The van der Waals surface area contributed by atoms with Crippen molar-refractivity contribution in [2.24, 2.45) is 0 Å². The molecule has 2 saturated heterocycles. The fourth-order valence-corrected chi connectivity index (χ4v) is 12.4. The minimum Gasteiger partial charge on any atom is -0.464 e. The van der Waals surface area contributed by atoms with Gasteiger partial charge in [-0.05, 0) is 104 Å². The van der Waals surface area contributed by atoms with Crippen molar-refractivity contribution in [3.63, 3.8) is 0 Å². The maximum atomic E-state index is 13.0. The molecule has 8 rings (SSSR count). The van der Waals surface area contributed by atoms with Crippen LogP contribution in [0.2, 0.25) is 0 Å². The van der Waals surface area contributed by atoms with Crippen molar-refractivity contribution in [2.75, 3.05) is 43.1 Å². The van der Waals surface area contributed by atoms with Crippen molar-refractivity contribution >= 4 is 95.5 Å². The first-order valence-corrected chi connectivity index (χ1v) is 27.5. The number of nitrogens with one attached hydrogen (secondary N) is 1. The van der Waals surface area contributed by atoms with E-state index in [0.29, 0.717) is 40.6 Å². The number of pyridine rings is 4. The minimum absolute atomic E-state index is 0.0284. The number of rotatable bonds is 9. The predicted molar refractivity (Wildman–Crippen MR) is 252 cm³/mol. The van der Waals surface area contributed by atoms with Crippen molar-refractivity contribution in [3.8, 4) is 5.75 Å². The molecule has 19 nitrogen and oxygen atoms in total. The van der Waals surface area contributed by atoms with Crippen LogP contribution in [0.15, 0.2) is 99.6 Å². The maximum absolute atomic E-state index is 13.0. The third-order valence-electron chi connectivity index (χ3n) is 10.2. The summed E-state index contributed by atoms with van der Waals surface area (Å²) in [7, 11) is -12.3. The number of benzene rings is 2. The first-order valence-electron chi connectivity index (χ1n) is 20.3. The standard InChI is InChI=1S/C21H21N3O7S2.C18H15BrN2O4S.C4H9NO2S/c1-14-7-9-15(10-8-14)33(28,29)31-19-17-16(6-5-11-22-17)20(23-18(19)21(25)30-2)24-12-3-4-13-32(24,26)27;1-11-5-7-12(8-6-11)26(23,24)10-14-15-13(4-3-9-20-15)17(19)21-16(14)18(22)25-2;6-8(7)4-2-1-3-5-8/h5-11H,3-4,12-13H2,1-2H3;3-9H,10H2,1-2H3;5H,1-4H2. The summed E-state index contributed by atoms with van der Waals surface area (Å²) in [5.41, 5.74) is 1.83.